The third-order valence-electron chi connectivity index (χ3n) is 1.77. The summed E-state index contributed by atoms with van der Waals surface area (Å²) in [5, 5.41) is 0. The lowest BCUT2D eigenvalue weighted by Gasteiger charge is -2.17. The van der Waals surface area contributed by atoms with Crippen LogP contribution in [0.25, 0.3) is 0 Å². The Hall–Kier alpha value is -0.320. The summed E-state index contributed by atoms with van der Waals surface area (Å²) >= 11 is 1.44. The quantitative estimate of drug-likeness (QED) is 0.686. The number of alkyl halides is 2. The van der Waals surface area contributed by atoms with E-state index in [1.807, 2.05) is 0 Å². The van der Waals surface area contributed by atoms with Crippen LogP contribution in [0.3, 0.4) is 0 Å². The van der Waals surface area contributed by atoms with Crippen molar-refractivity contribution >= 4 is 17.7 Å². The van der Waals surface area contributed by atoms with Gasteiger partial charge in [-0.1, -0.05) is 0 Å². The molecule has 2 N–H and O–H groups in total. The molecular weight excluding hydrogens is 172 g/mol. The zero-order valence-corrected chi connectivity index (χ0v) is 6.66. The fraction of sp³-hybridized carbons (Fsp3) is 0.833. The molecule has 2 nitrogen and oxygen atoms in total. The molecule has 0 aromatic rings. The maximum absolute atomic E-state index is 12.8. The van der Waals surface area contributed by atoms with Gasteiger partial charge in [0, 0.05) is 11.7 Å². The molecule has 0 radical (unpaired) electrons. The van der Waals surface area contributed by atoms with Gasteiger partial charge in [0.05, 0.1) is 0 Å². The Labute approximate surface area is 67.5 Å². The smallest absolute Gasteiger partial charge is 0.327 e. The summed E-state index contributed by atoms with van der Waals surface area (Å²) in [4.78, 5) is 10.3. The Morgan fingerprint density at radius 2 is 2.27 bits per heavy atom. The van der Waals surface area contributed by atoms with Crippen LogP contribution in [0.1, 0.15) is 6.42 Å². The number of carbonyl (C=O) groups excluding carboxylic acids is 1. The molecule has 0 spiro atoms. The molecule has 1 fully saturated rings. The van der Waals surface area contributed by atoms with Crippen molar-refractivity contribution in [2.75, 3.05) is 11.5 Å². The fourth-order valence-corrected chi connectivity index (χ4v) is 2.30. The van der Waals surface area contributed by atoms with E-state index in [0.29, 0.717) is 17.9 Å². The number of primary amides is 1. The third-order valence-corrected chi connectivity index (χ3v) is 2.93. The van der Waals surface area contributed by atoms with Crippen molar-refractivity contribution in [2.24, 2.45) is 11.7 Å². The number of nitrogens with two attached hydrogens (primary N) is 1. The number of carbonyl (C=O) groups is 1. The molecule has 0 aromatic heterocycles. The fourth-order valence-electron chi connectivity index (χ4n) is 1.02. The van der Waals surface area contributed by atoms with Crippen molar-refractivity contribution in [3.8, 4) is 0 Å². The van der Waals surface area contributed by atoms with Gasteiger partial charge >= 0.3 is 5.92 Å². The maximum atomic E-state index is 12.8. The summed E-state index contributed by atoms with van der Waals surface area (Å²) in [6.07, 6.45) is 0.389. The van der Waals surface area contributed by atoms with Gasteiger partial charge in [-0.05, 0) is 12.2 Å². The van der Waals surface area contributed by atoms with Gasteiger partial charge in [-0.3, -0.25) is 4.79 Å². The summed E-state index contributed by atoms with van der Waals surface area (Å²) in [7, 11) is 0. The van der Waals surface area contributed by atoms with Crippen LogP contribution in [-0.4, -0.2) is 23.3 Å². The highest BCUT2D eigenvalue weighted by atomic mass is 32.2. The van der Waals surface area contributed by atoms with E-state index in [0.717, 1.165) is 0 Å². The van der Waals surface area contributed by atoms with Crippen molar-refractivity contribution in [2.45, 2.75) is 12.3 Å². The average molecular weight is 181 g/mol. The molecular formula is C6H9F2NOS. The second kappa shape index (κ2) is 2.97. The largest absolute Gasteiger partial charge is 0.364 e. The molecule has 1 amide bonds. The van der Waals surface area contributed by atoms with Gasteiger partial charge in [0.2, 0.25) is 0 Å². The van der Waals surface area contributed by atoms with Crippen molar-refractivity contribution < 1.29 is 13.6 Å². The molecule has 1 saturated heterocycles. The lowest BCUT2D eigenvalue weighted by molar-refractivity contribution is -0.148. The summed E-state index contributed by atoms with van der Waals surface area (Å²) in [5.41, 5.74) is 4.55. The topological polar surface area (TPSA) is 43.1 Å². The van der Waals surface area contributed by atoms with Crippen molar-refractivity contribution in [3.63, 3.8) is 0 Å². The van der Waals surface area contributed by atoms with E-state index in [9.17, 15) is 13.6 Å². The van der Waals surface area contributed by atoms with E-state index in [2.05, 4.69) is 5.73 Å². The van der Waals surface area contributed by atoms with Gasteiger partial charge in [0.25, 0.3) is 5.91 Å². The first-order valence-electron chi connectivity index (χ1n) is 3.30. The molecule has 1 rings (SSSR count). The highest BCUT2D eigenvalue weighted by molar-refractivity contribution is 7.99. The van der Waals surface area contributed by atoms with Crippen molar-refractivity contribution in [1.82, 2.24) is 0 Å². The second-order valence-corrected chi connectivity index (χ2v) is 3.70. The Morgan fingerprint density at radius 3 is 2.64 bits per heavy atom. The zero-order chi connectivity index (χ0) is 8.48. The van der Waals surface area contributed by atoms with Gasteiger partial charge in [-0.2, -0.15) is 20.5 Å². The lowest BCUT2D eigenvalue weighted by Crippen LogP contribution is -2.42. The van der Waals surface area contributed by atoms with Gasteiger partial charge in [0.15, 0.2) is 0 Å². The number of hydrogen-bond donors (Lipinski definition) is 1. The molecule has 0 aromatic carbocycles. The molecule has 11 heavy (non-hydrogen) atoms. The Morgan fingerprint density at radius 1 is 1.64 bits per heavy atom. The van der Waals surface area contributed by atoms with Crippen molar-refractivity contribution in [3.05, 3.63) is 0 Å². The molecule has 0 aliphatic carbocycles. The second-order valence-electron chi connectivity index (χ2n) is 2.55. The molecule has 64 valence electrons. The van der Waals surface area contributed by atoms with Crippen LogP contribution in [0.15, 0.2) is 0 Å². The van der Waals surface area contributed by atoms with E-state index in [1.165, 1.54) is 11.8 Å². The first-order chi connectivity index (χ1) is 5.05. The average Bonchev–Trinajstić information content (AvgIpc) is 2.37. The molecule has 1 unspecified atom stereocenters. The lowest BCUT2D eigenvalue weighted by atomic mass is 10.0. The summed E-state index contributed by atoms with van der Waals surface area (Å²) in [5.74, 6) is -4.59. The molecule has 5 heteroatoms. The SMILES string of the molecule is NC(=O)C(F)(F)C1CCSC1. The van der Waals surface area contributed by atoms with Crippen LogP contribution < -0.4 is 5.73 Å². The van der Waals surface area contributed by atoms with Gasteiger partial charge < -0.3 is 5.73 Å². The zero-order valence-electron chi connectivity index (χ0n) is 5.85. The standard InChI is InChI=1S/C6H9F2NOS/c7-6(8,5(9)10)4-1-2-11-3-4/h4H,1-3H2,(H2,9,10). The monoisotopic (exact) mass is 181 g/mol. The molecule has 1 aliphatic heterocycles. The minimum Gasteiger partial charge on any atom is -0.364 e. The normalized spacial score (nSPS) is 25.5. The van der Waals surface area contributed by atoms with Gasteiger partial charge in [-0.15, -0.1) is 0 Å². The number of rotatable bonds is 2. The number of hydrogen-bond acceptors (Lipinski definition) is 2. The molecule has 1 aliphatic rings. The van der Waals surface area contributed by atoms with E-state index >= 15 is 0 Å². The summed E-state index contributed by atoms with van der Waals surface area (Å²) < 4.78 is 25.5. The number of thioether (sulfide) groups is 1. The van der Waals surface area contributed by atoms with E-state index in [4.69, 9.17) is 0 Å². The first-order valence-corrected chi connectivity index (χ1v) is 4.46. The predicted octanol–water partition coefficient (Wildman–Crippen LogP) is 0.860. The Kier molecular flexibility index (Phi) is 2.37. The molecule has 1 atom stereocenters. The Bertz CT molecular complexity index is 168. The van der Waals surface area contributed by atoms with Crippen LogP contribution >= 0.6 is 11.8 Å². The minimum absolute atomic E-state index is 0.343. The van der Waals surface area contributed by atoms with E-state index in [1.54, 1.807) is 0 Å². The van der Waals surface area contributed by atoms with Gasteiger partial charge in [-0.25, -0.2) is 0 Å². The third kappa shape index (κ3) is 1.64. The van der Waals surface area contributed by atoms with Gasteiger partial charge in [0.1, 0.15) is 0 Å². The van der Waals surface area contributed by atoms with Crippen LogP contribution in [-0.2, 0) is 4.79 Å². The Balaban J connectivity index is 2.62. The molecule has 1 heterocycles. The highest BCUT2D eigenvalue weighted by Crippen LogP contribution is 2.35. The van der Waals surface area contributed by atoms with Crippen LogP contribution in [0.5, 0.6) is 0 Å². The summed E-state index contributed by atoms with van der Waals surface area (Å²) in [6, 6.07) is 0. The molecule has 0 saturated carbocycles. The van der Waals surface area contributed by atoms with E-state index < -0.39 is 17.7 Å². The van der Waals surface area contributed by atoms with Crippen LogP contribution in [0, 0.1) is 5.92 Å². The summed E-state index contributed by atoms with van der Waals surface area (Å²) in [6.45, 7) is 0. The highest BCUT2D eigenvalue weighted by Gasteiger charge is 2.46. The van der Waals surface area contributed by atoms with E-state index in [-0.39, 0.29) is 0 Å². The van der Waals surface area contributed by atoms with Crippen LogP contribution in [0.4, 0.5) is 8.78 Å². The first kappa shape index (κ1) is 8.77. The predicted molar refractivity (Wildman–Crippen MR) is 39.6 cm³/mol. The maximum Gasteiger partial charge on any atom is 0.327 e. The van der Waals surface area contributed by atoms with Crippen molar-refractivity contribution in [1.29, 1.82) is 0 Å². The molecule has 0 bridgehead atoms. The number of amides is 1. The van der Waals surface area contributed by atoms with Crippen LogP contribution in [0.2, 0.25) is 0 Å². The minimum atomic E-state index is -3.30. The number of halogens is 2.